The van der Waals surface area contributed by atoms with Crippen LogP contribution in [0.3, 0.4) is 0 Å². The molecule has 0 atom stereocenters. The summed E-state index contributed by atoms with van der Waals surface area (Å²) >= 11 is 0. The quantitative estimate of drug-likeness (QED) is 0.289. The maximum absolute atomic E-state index is 10.2. The zero-order valence-electron chi connectivity index (χ0n) is 21.1. The van der Waals surface area contributed by atoms with Crippen LogP contribution in [0.4, 0.5) is 11.5 Å². The zero-order chi connectivity index (χ0) is 25.5. The predicted octanol–water partition coefficient (Wildman–Crippen LogP) is 6.58. The van der Waals surface area contributed by atoms with Gasteiger partial charge in [-0.05, 0) is 69.0 Å². The number of aryl methyl sites for hydroxylation is 3. The molecule has 0 saturated heterocycles. The predicted molar refractivity (Wildman–Crippen MR) is 143 cm³/mol. The molecule has 0 bridgehead atoms. The number of rotatable bonds is 6. The summed E-state index contributed by atoms with van der Waals surface area (Å²) in [6, 6.07) is 21.1. The topological polar surface area (TPSA) is 93.6 Å². The van der Waals surface area contributed by atoms with Gasteiger partial charge in [-0.2, -0.15) is 10.4 Å². The van der Waals surface area contributed by atoms with E-state index < -0.39 is 0 Å². The molecule has 0 amide bonds. The summed E-state index contributed by atoms with van der Waals surface area (Å²) in [5.74, 6) is 1.58. The van der Waals surface area contributed by atoms with Gasteiger partial charge in [0.2, 0.25) is 0 Å². The van der Waals surface area contributed by atoms with E-state index in [2.05, 4.69) is 43.2 Å². The van der Waals surface area contributed by atoms with E-state index in [0.29, 0.717) is 23.4 Å². The highest BCUT2D eigenvalue weighted by Gasteiger charge is 2.28. The molecule has 6 rings (SSSR count). The lowest BCUT2D eigenvalue weighted by Crippen LogP contribution is -2.17. The summed E-state index contributed by atoms with van der Waals surface area (Å²) in [5, 5.41) is 19.0. The lowest BCUT2D eigenvalue weighted by molar-refractivity contribution is 0.324. The molecular weight excluding hydrogens is 462 g/mol. The summed E-state index contributed by atoms with van der Waals surface area (Å²) in [5.41, 5.74) is 6.41. The van der Waals surface area contributed by atoms with Crippen LogP contribution in [0.1, 0.15) is 42.3 Å². The Bertz CT molecular complexity index is 1650. The molecule has 0 unspecified atom stereocenters. The van der Waals surface area contributed by atoms with Gasteiger partial charge in [0.25, 0.3) is 0 Å². The van der Waals surface area contributed by atoms with Gasteiger partial charge in [-0.3, -0.25) is 4.68 Å². The van der Waals surface area contributed by atoms with Crippen molar-refractivity contribution < 1.29 is 4.74 Å². The van der Waals surface area contributed by atoms with E-state index in [9.17, 15) is 5.26 Å². The van der Waals surface area contributed by atoms with Crippen LogP contribution in [-0.2, 0) is 7.05 Å². The molecule has 5 aromatic rings. The third kappa shape index (κ3) is 4.19. The molecule has 3 heterocycles. The fraction of sp³-hybridized carbons (Fsp3) is 0.241. The molecule has 8 nitrogen and oxygen atoms in total. The maximum atomic E-state index is 10.2. The fourth-order valence-corrected chi connectivity index (χ4v) is 4.94. The minimum absolute atomic E-state index is 0.313. The Morgan fingerprint density at radius 3 is 2.49 bits per heavy atom. The summed E-state index contributed by atoms with van der Waals surface area (Å²) < 4.78 is 10.1. The van der Waals surface area contributed by atoms with Gasteiger partial charge in [0.05, 0.1) is 22.5 Å². The highest BCUT2D eigenvalue weighted by atomic mass is 16.5. The SMILES string of the molecule is Cc1ccnc(Oc2ccc3c(C#N)c(-c4ccc(Nc5cc(C)nn5C)cc4)n(C4CCC4)c3c2)n1. The van der Waals surface area contributed by atoms with Crippen molar-refractivity contribution in [3.05, 3.63) is 77.7 Å². The van der Waals surface area contributed by atoms with Gasteiger partial charge in [-0.15, -0.1) is 0 Å². The molecule has 8 heteroatoms. The van der Waals surface area contributed by atoms with E-state index in [1.165, 1.54) is 6.42 Å². The first-order valence-corrected chi connectivity index (χ1v) is 12.4. The summed E-state index contributed by atoms with van der Waals surface area (Å²) in [4.78, 5) is 8.59. The van der Waals surface area contributed by atoms with E-state index in [4.69, 9.17) is 4.74 Å². The highest BCUT2D eigenvalue weighted by molar-refractivity contribution is 5.95. The van der Waals surface area contributed by atoms with Crippen LogP contribution in [0, 0.1) is 25.2 Å². The Labute approximate surface area is 215 Å². The minimum atomic E-state index is 0.313. The molecule has 3 aromatic heterocycles. The third-order valence-electron chi connectivity index (χ3n) is 6.94. The average Bonchev–Trinajstić information content (AvgIpc) is 3.34. The second kappa shape index (κ2) is 9.10. The number of nitriles is 1. The monoisotopic (exact) mass is 489 g/mol. The fourth-order valence-electron chi connectivity index (χ4n) is 4.94. The van der Waals surface area contributed by atoms with Crippen LogP contribution in [0.2, 0.25) is 0 Å². The lowest BCUT2D eigenvalue weighted by Gasteiger charge is -2.30. The molecule has 1 aliphatic carbocycles. The van der Waals surface area contributed by atoms with Crippen molar-refractivity contribution in [2.75, 3.05) is 5.32 Å². The maximum Gasteiger partial charge on any atom is 0.322 e. The van der Waals surface area contributed by atoms with Crippen molar-refractivity contribution in [3.63, 3.8) is 0 Å². The summed E-state index contributed by atoms with van der Waals surface area (Å²) in [6.07, 6.45) is 5.06. The smallest absolute Gasteiger partial charge is 0.322 e. The van der Waals surface area contributed by atoms with Crippen LogP contribution in [0.15, 0.2) is 60.8 Å². The van der Waals surface area contributed by atoms with Crippen molar-refractivity contribution in [1.29, 1.82) is 5.26 Å². The number of hydrogen-bond donors (Lipinski definition) is 1. The van der Waals surface area contributed by atoms with Gasteiger partial charge in [0, 0.05) is 48.2 Å². The number of hydrogen-bond acceptors (Lipinski definition) is 6. The average molecular weight is 490 g/mol. The van der Waals surface area contributed by atoms with Gasteiger partial charge in [-0.25, -0.2) is 9.97 Å². The third-order valence-corrected chi connectivity index (χ3v) is 6.94. The van der Waals surface area contributed by atoms with Gasteiger partial charge < -0.3 is 14.6 Å². The second-order valence-electron chi connectivity index (χ2n) is 9.55. The Morgan fingerprint density at radius 1 is 1.03 bits per heavy atom. The van der Waals surface area contributed by atoms with Gasteiger partial charge >= 0.3 is 6.01 Å². The standard InChI is InChI=1S/C29H27N7O/c1-18-13-14-31-29(32-18)37-23-11-12-24-25(17-30)28(36(26(24)16-23)22-5-4-6-22)20-7-9-21(10-8-20)33-27-15-19(2)34-35(27)3/h7-16,22,33H,4-6H2,1-3H3. The van der Waals surface area contributed by atoms with E-state index >= 15 is 0 Å². The lowest BCUT2D eigenvalue weighted by atomic mass is 9.92. The van der Waals surface area contributed by atoms with Gasteiger partial charge in [0.1, 0.15) is 17.6 Å². The number of benzene rings is 2. The molecule has 37 heavy (non-hydrogen) atoms. The molecule has 1 aliphatic rings. The largest absolute Gasteiger partial charge is 0.424 e. The number of fused-ring (bicyclic) bond motifs is 1. The number of nitrogens with zero attached hydrogens (tertiary/aromatic N) is 6. The molecule has 1 saturated carbocycles. The highest BCUT2D eigenvalue weighted by Crippen LogP contribution is 2.43. The first kappa shape index (κ1) is 22.8. The number of nitrogens with one attached hydrogen (secondary N) is 1. The van der Waals surface area contributed by atoms with Crippen molar-refractivity contribution in [1.82, 2.24) is 24.3 Å². The molecule has 1 fully saturated rings. The minimum Gasteiger partial charge on any atom is -0.424 e. The van der Waals surface area contributed by atoms with E-state index in [1.54, 1.807) is 6.20 Å². The van der Waals surface area contributed by atoms with E-state index in [1.807, 2.05) is 68.0 Å². The van der Waals surface area contributed by atoms with Crippen molar-refractivity contribution in [2.24, 2.45) is 7.05 Å². The van der Waals surface area contributed by atoms with Gasteiger partial charge in [-0.1, -0.05) is 12.1 Å². The normalized spacial score (nSPS) is 13.4. The molecular formula is C29H27N7O. The van der Waals surface area contributed by atoms with Crippen LogP contribution < -0.4 is 10.1 Å². The molecule has 2 aromatic carbocycles. The number of ether oxygens (including phenoxy) is 1. The molecule has 0 spiro atoms. The van der Waals surface area contributed by atoms with Crippen molar-refractivity contribution in [3.8, 4) is 29.1 Å². The number of anilines is 2. The van der Waals surface area contributed by atoms with Gasteiger partial charge in [0.15, 0.2) is 0 Å². The van der Waals surface area contributed by atoms with E-state index in [-0.39, 0.29) is 0 Å². The Kier molecular flexibility index (Phi) is 5.61. The number of aromatic nitrogens is 5. The van der Waals surface area contributed by atoms with Crippen LogP contribution >= 0.6 is 0 Å². The van der Waals surface area contributed by atoms with Crippen LogP contribution in [-0.4, -0.2) is 24.3 Å². The van der Waals surface area contributed by atoms with Crippen molar-refractivity contribution in [2.45, 2.75) is 39.2 Å². The molecule has 0 aliphatic heterocycles. The Morgan fingerprint density at radius 2 is 1.84 bits per heavy atom. The molecule has 0 radical (unpaired) electrons. The molecule has 1 N–H and O–H groups in total. The summed E-state index contributed by atoms with van der Waals surface area (Å²) in [6.45, 7) is 3.88. The molecule has 184 valence electrons. The Balaban J connectivity index is 1.42. The van der Waals surface area contributed by atoms with Crippen LogP contribution in [0.25, 0.3) is 22.2 Å². The second-order valence-corrected chi connectivity index (χ2v) is 9.55. The van der Waals surface area contributed by atoms with Crippen LogP contribution in [0.5, 0.6) is 11.8 Å². The van der Waals surface area contributed by atoms with Crippen molar-refractivity contribution >= 4 is 22.4 Å². The summed E-state index contributed by atoms with van der Waals surface area (Å²) in [7, 11) is 1.92. The zero-order valence-corrected chi connectivity index (χ0v) is 21.1. The first-order chi connectivity index (χ1) is 18.0. The van der Waals surface area contributed by atoms with E-state index in [0.717, 1.165) is 57.9 Å². The first-order valence-electron chi connectivity index (χ1n) is 12.4. The Hall–Kier alpha value is -4.64.